The Kier molecular flexibility index (Phi) is 4.71. The third-order valence-corrected chi connectivity index (χ3v) is 3.45. The molecule has 0 unspecified atom stereocenters. The molecule has 0 heterocycles. The van der Waals surface area contributed by atoms with Gasteiger partial charge in [0, 0.05) is 6.04 Å². The van der Waals surface area contributed by atoms with Gasteiger partial charge in [-0.05, 0) is 31.9 Å². The first-order chi connectivity index (χ1) is 9.58. The lowest BCUT2D eigenvalue weighted by Crippen LogP contribution is -2.40. The van der Waals surface area contributed by atoms with Crippen LogP contribution < -0.4 is 5.32 Å². The van der Waals surface area contributed by atoms with Crippen LogP contribution in [0.5, 0.6) is 0 Å². The SMILES string of the molecule is C[C@@H](OC(=O)c1ccccc1F)C(=O)NC1CCCC1. The summed E-state index contributed by atoms with van der Waals surface area (Å²) in [7, 11) is 0. The molecule has 1 aromatic rings. The van der Waals surface area contributed by atoms with E-state index < -0.39 is 17.9 Å². The number of hydrogen-bond acceptors (Lipinski definition) is 3. The first-order valence-corrected chi connectivity index (χ1v) is 6.84. The number of hydrogen-bond donors (Lipinski definition) is 1. The number of benzene rings is 1. The Hall–Kier alpha value is -1.91. The number of esters is 1. The summed E-state index contributed by atoms with van der Waals surface area (Å²) in [5.41, 5.74) is -0.159. The molecule has 20 heavy (non-hydrogen) atoms. The molecule has 1 fully saturated rings. The van der Waals surface area contributed by atoms with Crippen molar-refractivity contribution in [1.82, 2.24) is 5.32 Å². The predicted octanol–water partition coefficient (Wildman–Crippen LogP) is 2.43. The van der Waals surface area contributed by atoms with Crippen molar-refractivity contribution in [3.8, 4) is 0 Å². The normalized spacial score (nSPS) is 16.7. The lowest BCUT2D eigenvalue weighted by atomic mass is 10.2. The quantitative estimate of drug-likeness (QED) is 0.861. The first kappa shape index (κ1) is 14.5. The van der Waals surface area contributed by atoms with Gasteiger partial charge < -0.3 is 10.1 Å². The van der Waals surface area contributed by atoms with E-state index in [1.54, 1.807) is 6.07 Å². The summed E-state index contributed by atoms with van der Waals surface area (Å²) in [6.45, 7) is 1.49. The standard InChI is InChI=1S/C15H18FNO3/c1-10(14(18)17-11-6-2-3-7-11)20-15(19)12-8-4-5-9-13(12)16/h4-5,8-11H,2-3,6-7H2,1H3,(H,17,18)/t10-/m1/s1. The Morgan fingerprint density at radius 2 is 1.95 bits per heavy atom. The monoisotopic (exact) mass is 279 g/mol. The molecule has 1 N–H and O–H groups in total. The second-order valence-corrected chi connectivity index (χ2v) is 5.02. The van der Waals surface area contributed by atoms with Gasteiger partial charge in [-0.25, -0.2) is 9.18 Å². The van der Waals surface area contributed by atoms with Crippen LogP contribution in [0.2, 0.25) is 0 Å². The summed E-state index contributed by atoms with van der Waals surface area (Å²) in [6.07, 6.45) is 3.20. The van der Waals surface area contributed by atoms with Gasteiger partial charge in [-0.3, -0.25) is 4.79 Å². The number of amides is 1. The molecule has 1 aliphatic carbocycles. The molecule has 1 atom stereocenters. The highest BCUT2D eigenvalue weighted by atomic mass is 19.1. The van der Waals surface area contributed by atoms with Gasteiger partial charge in [0.2, 0.25) is 0 Å². The topological polar surface area (TPSA) is 55.4 Å². The van der Waals surface area contributed by atoms with Crippen LogP contribution in [0.25, 0.3) is 0 Å². The highest BCUT2D eigenvalue weighted by Crippen LogP contribution is 2.18. The number of rotatable bonds is 4. The Morgan fingerprint density at radius 1 is 1.30 bits per heavy atom. The molecule has 0 spiro atoms. The number of nitrogens with one attached hydrogen (secondary N) is 1. The molecule has 2 rings (SSSR count). The zero-order chi connectivity index (χ0) is 14.5. The van der Waals surface area contributed by atoms with Gasteiger partial charge >= 0.3 is 5.97 Å². The minimum absolute atomic E-state index is 0.159. The number of carbonyl (C=O) groups is 2. The van der Waals surface area contributed by atoms with Crippen LogP contribution in [0.1, 0.15) is 43.0 Å². The average Bonchev–Trinajstić information content (AvgIpc) is 2.91. The van der Waals surface area contributed by atoms with Gasteiger partial charge in [-0.2, -0.15) is 0 Å². The molecular weight excluding hydrogens is 261 g/mol. The van der Waals surface area contributed by atoms with Crippen molar-refractivity contribution in [2.75, 3.05) is 0 Å². The Balaban J connectivity index is 1.90. The van der Waals surface area contributed by atoms with Crippen molar-refractivity contribution in [3.63, 3.8) is 0 Å². The largest absolute Gasteiger partial charge is 0.449 e. The molecule has 108 valence electrons. The number of ether oxygens (including phenoxy) is 1. The highest BCUT2D eigenvalue weighted by Gasteiger charge is 2.24. The molecule has 0 aromatic heterocycles. The molecule has 0 aliphatic heterocycles. The molecule has 0 bridgehead atoms. The second-order valence-electron chi connectivity index (χ2n) is 5.02. The second kappa shape index (κ2) is 6.50. The van der Waals surface area contributed by atoms with Crippen molar-refractivity contribution < 1.29 is 18.7 Å². The zero-order valence-corrected chi connectivity index (χ0v) is 11.4. The maximum Gasteiger partial charge on any atom is 0.341 e. The Bertz CT molecular complexity index is 498. The fraction of sp³-hybridized carbons (Fsp3) is 0.467. The molecule has 1 aromatic carbocycles. The first-order valence-electron chi connectivity index (χ1n) is 6.84. The van der Waals surface area contributed by atoms with E-state index in [-0.39, 0.29) is 17.5 Å². The smallest absolute Gasteiger partial charge is 0.341 e. The van der Waals surface area contributed by atoms with Crippen LogP contribution >= 0.6 is 0 Å². The number of carbonyl (C=O) groups excluding carboxylic acids is 2. The van der Waals surface area contributed by atoms with Gasteiger partial charge in [-0.15, -0.1) is 0 Å². The van der Waals surface area contributed by atoms with Crippen molar-refractivity contribution in [1.29, 1.82) is 0 Å². The summed E-state index contributed by atoms with van der Waals surface area (Å²) >= 11 is 0. The maximum absolute atomic E-state index is 13.4. The molecule has 0 radical (unpaired) electrons. The Labute approximate surface area is 117 Å². The summed E-state index contributed by atoms with van der Waals surface area (Å²) in [5.74, 6) is -1.81. The van der Waals surface area contributed by atoms with Crippen molar-refractivity contribution >= 4 is 11.9 Å². The van der Waals surface area contributed by atoms with E-state index in [1.807, 2.05) is 0 Å². The molecule has 1 saturated carbocycles. The van der Waals surface area contributed by atoms with Crippen LogP contribution in [-0.2, 0) is 9.53 Å². The van der Waals surface area contributed by atoms with E-state index in [1.165, 1.54) is 25.1 Å². The number of halogens is 1. The van der Waals surface area contributed by atoms with Crippen LogP contribution in [0.15, 0.2) is 24.3 Å². The summed E-state index contributed by atoms with van der Waals surface area (Å²) < 4.78 is 18.4. The maximum atomic E-state index is 13.4. The van der Waals surface area contributed by atoms with E-state index in [2.05, 4.69) is 5.32 Å². The lowest BCUT2D eigenvalue weighted by Gasteiger charge is -2.17. The van der Waals surface area contributed by atoms with E-state index in [0.717, 1.165) is 25.7 Å². The minimum Gasteiger partial charge on any atom is -0.449 e. The average molecular weight is 279 g/mol. The third kappa shape index (κ3) is 3.56. The molecule has 0 saturated heterocycles. The zero-order valence-electron chi connectivity index (χ0n) is 11.4. The fourth-order valence-corrected chi connectivity index (χ4v) is 2.29. The molecular formula is C15H18FNO3. The third-order valence-electron chi connectivity index (χ3n) is 3.45. The lowest BCUT2D eigenvalue weighted by molar-refractivity contribution is -0.129. The van der Waals surface area contributed by atoms with Crippen LogP contribution in [0.3, 0.4) is 0 Å². The van der Waals surface area contributed by atoms with Gasteiger partial charge in [-0.1, -0.05) is 25.0 Å². The highest BCUT2D eigenvalue weighted by molar-refractivity contribution is 5.92. The van der Waals surface area contributed by atoms with Crippen molar-refractivity contribution in [2.24, 2.45) is 0 Å². The molecule has 1 aliphatic rings. The summed E-state index contributed by atoms with van der Waals surface area (Å²) in [6, 6.07) is 5.71. The van der Waals surface area contributed by atoms with Crippen molar-refractivity contribution in [2.45, 2.75) is 44.8 Å². The van der Waals surface area contributed by atoms with Gasteiger partial charge in [0.05, 0.1) is 5.56 Å². The van der Waals surface area contributed by atoms with Gasteiger partial charge in [0.15, 0.2) is 6.10 Å². The van der Waals surface area contributed by atoms with E-state index >= 15 is 0 Å². The van der Waals surface area contributed by atoms with E-state index in [9.17, 15) is 14.0 Å². The minimum atomic E-state index is -0.928. The Morgan fingerprint density at radius 3 is 2.60 bits per heavy atom. The predicted molar refractivity (Wildman–Crippen MR) is 71.7 cm³/mol. The molecule has 1 amide bonds. The summed E-state index contributed by atoms with van der Waals surface area (Å²) in [5, 5.41) is 2.84. The van der Waals surface area contributed by atoms with Crippen molar-refractivity contribution in [3.05, 3.63) is 35.6 Å². The molecule has 4 nitrogen and oxygen atoms in total. The fourth-order valence-electron chi connectivity index (χ4n) is 2.29. The van der Waals surface area contributed by atoms with Gasteiger partial charge in [0.1, 0.15) is 5.82 Å². The molecule has 5 heteroatoms. The van der Waals surface area contributed by atoms with Gasteiger partial charge in [0.25, 0.3) is 5.91 Å². The van der Waals surface area contributed by atoms with Crippen LogP contribution in [-0.4, -0.2) is 24.0 Å². The summed E-state index contributed by atoms with van der Waals surface area (Å²) in [4.78, 5) is 23.6. The van der Waals surface area contributed by atoms with E-state index in [4.69, 9.17) is 4.74 Å². The van der Waals surface area contributed by atoms with Crippen LogP contribution in [0, 0.1) is 5.82 Å². The van der Waals surface area contributed by atoms with E-state index in [0.29, 0.717) is 0 Å². The van der Waals surface area contributed by atoms with Crippen LogP contribution in [0.4, 0.5) is 4.39 Å².